The molecule has 1 aliphatic carbocycles. The van der Waals surface area contributed by atoms with Crippen molar-refractivity contribution in [2.45, 2.75) is 70.0 Å². The Kier molecular flexibility index (Phi) is 5.72. The summed E-state index contributed by atoms with van der Waals surface area (Å²) in [6, 6.07) is 11.2. The average Bonchev–Trinajstić information content (AvgIpc) is 3.27. The van der Waals surface area contributed by atoms with E-state index < -0.39 is 0 Å². The molecule has 0 bridgehead atoms. The van der Waals surface area contributed by atoms with Gasteiger partial charge in [0, 0.05) is 44.4 Å². The predicted molar refractivity (Wildman–Crippen MR) is 118 cm³/mol. The van der Waals surface area contributed by atoms with Gasteiger partial charge in [0.15, 0.2) is 0 Å². The van der Waals surface area contributed by atoms with Crippen molar-refractivity contribution in [3.05, 3.63) is 35.4 Å². The van der Waals surface area contributed by atoms with Crippen LogP contribution in [0.5, 0.6) is 0 Å². The Bertz CT molecular complexity index is 685. The highest BCUT2D eigenvalue weighted by Crippen LogP contribution is 2.52. The molecular formula is C25H39N3O. The Balaban J connectivity index is 1.38. The summed E-state index contributed by atoms with van der Waals surface area (Å²) in [5.74, 6) is 0.579. The fourth-order valence-corrected chi connectivity index (χ4v) is 6.55. The number of piperidine rings is 1. The van der Waals surface area contributed by atoms with Gasteiger partial charge < -0.3 is 10.1 Å². The number of ether oxygens (including phenoxy) is 1. The van der Waals surface area contributed by atoms with Crippen LogP contribution >= 0.6 is 0 Å². The molecule has 3 aliphatic heterocycles. The second kappa shape index (κ2) is 8.30. The summed E-state index contributed by atoms with van der Waals surface area (Å²) in [4.78, 5) is 5.64. The monoisotopic (exact) mass is 397 g/mol. The highest BCUT2D eigenvalue weighted by Gasteiger charge is 2.49. The predicted octanol–water partition coefficient (Wildman–Crippen LogP) is 3.79. The Morgan fingerprint density at radius 1 is 1.07 bits per heavy atom. The first-order valence-corrected chi connectivity index (χ1v) is 12.0. The second-order valence-electron chi connectivity index (χ2n) is 10.4. The quantitative estimate of drug-likeness (QED) is 0.837. The molecule has 2 atom stereocenters. The Morgan fingerprint density at radius 2 is 1.86 bits per heavy atom. The van der Waals surface area contributed by atoms with Gasteiger partial charge in [0.25, 0.3) is 0 Å². The average molecular weight is 398 g/mol. The third kappa shape index (κ3) is 3.89. The highest BCUT2D eigenvalue weighted by atomic mass is 16.5. The standard InChI is InChI=1S/C25H39N3O/c1-19(2)22-5-3-4-6-23(22)24-17-27(20-7-14-29-18-20)12-13-28(24)21-15-25(16-21)8-10-26-11-9-25/h3-6,19-21,24,26H,7-18H2,1-2H3. The van der Waals surface area contributed by atoms with Gasteiger partial charge >= 0.3 is 0 Å². The lowest BCUT2D eigenvalue weighted by Crippen LogP contribution is -2.60. The Labute approximate surface area is 177 Å². The Morgan fingerprint density at radius 3 is 2.59 bits per heavy atom. The minimum Gasteiger partial charge on any atom is -0.380 e. The first kappa shape index (κ1) is 20.0. The summed E-state index contributed by atoms with van der Waals surface area (Å²) in [5, 5.41) is 3.56. The van der Waals surface area contributed by atoms with Crippen molar-refractivity contribution in [2.75, 3.05) is 45.9 Å². The van der Waals surface area contributed by atoms with Crippen molar-refractivity contribution < 1.29 is 4.74 Å². The molecule has 2 unspecified atom stereocenters. The van der Waals surface area contributed by atoms with Crippen LogP contribution in [0.4, 0.5) is 0 Å². The molecule has 1 N–H and O–H groups in total. The molecule has 29 heavy (non-hydrogen) atoms. The zero-order chi connectivity index (χ0) is 19.8. The molecule has 1 aromatic rings. The lowest BCUT2D eigenvalue weighted by molar-refractivity contribution is -0.0697. The molecule has 0 amide bonds. The van der Waals surface area contributed by atoms with E-state index in [9.17, 15) is 0 Å². The van der Waals surface area contributed by atoms with Gasteiger partial charge in [-0.05, 0) is 67.7 Å². The minimum absolute atomic E-state index is 0.534. The van der Waals surface area contributed by atoms with Crippen LogP contribution in [0, 0.1) is 5.41 Å². The number of nitrogens with one attached hydrogen (secondary N) is 1. The first-order chi connectivity index (χ1) is 14.2. The lowest BCUT2D eigenvalue weighted by Gasteiger charge is -2.57. The van der Waals surface area contributed by atoms with E-state index in [-0.39, 0.29) is 0 Å². The molecule has 5 rings (SSSR count). The van der Waals surface area contributed by atoms with Gasteiger partial charge in [-0.2, -0.15) is 0 Å². The number of hydrogen-bond acceptors (Lipinski definition) is 4. The third-order valence-electron chi connectivity index (χ3n) is 8.32. The molecule has 3 saturated heterocycles. The van der Waals surface area contributed by atoms with Crippen LogP contribution in [0.1, 0.15) is 69.0 Å². The first-order valence-electron chi connectivity index (χ1n) is 12.0. The normalized spacial score (nSPS) is 31.4. The summed E-state index contributed by atoms with van der Waals surface area (Å²) in [7, 11) is 0. The van der Waals surface area contributed by atoms with Gasteiger partial charge in [0.1, 0.15) is 0 Å². The van der Waals surface area contributed by atoms with Gasteiger partial charge in [-0.3, -0.25) is 9.80 Å². The van der Waals surface area contributed by atoms with Crippen molar-refractivity contribution in [3.63, 3.8) is 0 Å². The second-order valence-corrected chi connectivity index (χ2v) is 10.4. The molecule has 1 spiro atoms. The van der Waals surface area contributed by atoms with E-state index in [2.05, 4.69) is 53.2 Å². The van der Waals surface area contributed by atoms with E-state index in [1.807, 2.05) is 0 Å². The molecule has 3 heterocycles. The van der Waals surface area contributed by atoms with Crippen LogP contribution in [-0.2, 0) is 4.74 Å². The molecule has 0 radical (unpaired) electrons. The van der Waals surface area contributed by atoms with Crippen LogP contribution in [0.25, 0.3) is 0 Å². The maximum atomic E-state index is 5.73. The van der Waals surface area contributed by atoms with E-state index in [1.54, 1.807) is 11.1 Å². The topological polar surface area (TPSA) is 27.7 Å². The third-order valence-corrected chi connectivity index (χ3v) is 8.32. The molecule has 4 aliphatic rings. The highest BCUT2D eigenvalue weighted by molar-refractivity contribution is 5.33. The minimum atomic E-state index is 0.534. The number of hydrogen-bond donors (Lipinski definition) is 1. The van der Waals surface area contributed by atoms with Gasteiger partial charge in [-0.25, -0.2) is 0 Å². The van der Waals surface area contributed by atoms with Crippen LogP contribution in [-0.4, -0.2) is 67.8 Å². The smallest absolute Gasteiger partial charge is 0.0622 e. The molecule has 0 aromatic heterocycles. The van der Waals surface area contributed by atoms with Crippen molar-refractivity contribution >= 4 is 0 Å². The van der Waals surface area contributed by atoms with E-state index in [0.717, 1.165) is 19.3 Å². The number of nitrogens with zero attached hydrogens (tertiary/aromatic N) is 2. The van der Waals surface area contributed by atoms with Crippen LogP contribution in [0.3, 0.4) is 0 Å². The Hall–Kier alpha value is -0.940. The lowest BCUT2D eigenvalue weighted by atomic mass is 9.60. The molecule has 1 saturated carbocycles. The van der Waals surface area contributed by atoms with Gasteiger partial charge in [-0.15, -0.1) is 0 Å². The zero-order valence-corrected chi connectivity index (χ0v) is 18.4. The summed E-state index contributed by atoms with van der Waals surface area (Å²) < 4.78 is 5.73. The number of piperazine rings is 1. The zero-order valence-electron chi connectivity index (χ0n) is 18.4. The molecule has 4 heteroatoms. The van der Waals surface area contributed by atoms with Crippen LogP contribution < -0.4 is 5.32 Å². The fourth-order valence-electron chi connectivity index (χ4n) is 6.55. The molecule has 4 fully saturated rings. The van der Waals surface area contributed by atoms with E-state index in [4.69, 9.17) is 4.74 Å². The van der Waals surface area contributed by atoms with Crippen molar-refractivity contribution in [1.82, 2.24) is 15.1 Å². The molecule has 160 valence electrons. The number of benzene rings is 1. The number of rotatable bonds is 4. The van der Waals surface area contributed by atoms with Crippen LogP contribution in [0.15, 0.2) is 24.3 Å². The summed E-state index contributed by atoms with van der Waals surface area (Å²) in [5.41, 5.74) is 3.77. The van der Waals surface area contributed by atoms with Crippen molar-refractivity contribution in [1.29, 1.82) is 0 Å². The maximum absolute atomic E-state index is 5.73. The van der Waals surface area contributed by atoms with Crippen molar-refractivity contribution in [2.24, 2.45) is 5.41 Å². The van der Waals surface area contributed by atoms with E-state index in [1.165, 1.54) is 64.8 Å². The van der Waals surface area contributed by atoms with Gasteiger partial charge in [0.2, 0.25) is 0 Å². The summed E-state index contributed by atoms with van der Waals surface area (Å²) >= 11 is 0. The largest absolute Gasteiger partial charge is 0.380 e. The van der Waals surface area contributed by atoms with E-state index in [0.29, 0.717) is 23.4 Å². The summed E-state index contributed by atoms with van der Waals surface area (Å²) in [6.07, 6.45) is 6.81. The van der Waals surface area contributed by atoms with Crippen LogP contribution in [0.2, 0.25) is 0 Å². The maximum Gasteiger partial charge on any atom is 0.0622 e. The molecule has 4 nitrogen and oxygen atoms in total. The molecular weight excluding hydrogens is 358 g/mol. The van der Waals surface area contributed by atoms with E-state index >= 15 is 0 Å². The fraction of sp³-hybridized carbons (Fsp3) is 0.760. The molecule has 1 aromatic carbocycles. The van der Waals surface area contributed by atoms with Crippen molar-refractivity contribution in [3.8, 4) is 0 Å². The van der Waals surface area contributed by atoms with Gasteiger partial charge in [0.05, 0.1) is 6.61 Å². The summed E-state index contributed by atoms with van der Waals surface area (Å²) in [6.45, 7) is 12.6. The van der Waals surface area contributed by atoms with Gasteiger partial charge in [-0.1, -0.05) is 38.1 Å². The SMILES string of the molecule is CC(C)c1ccccc1C1CN(C2CCOC2)CCN1C1CC2(CCNCC2)C1.